The van der Waals surface area contributed by atoms with Crippen molar-refractivity contribution in [2.45, 2.75) is 45.6 Å². The van der Waals surface area contributed by atoms with Gasteiger partial charge in [-0.1, -0.05) is 24.6 Å². The highest BCUT2D eigenvalue weighted by Gasteiger charge is 2.25. The number of carbonyl (C=O) groups excluding carboxylic acids is 1. The number of pyridine rings is 1. The van der Waals surface area contributed by atoms with Crippen molar-refractivity contribution in [1.29, 1.82) is 0 Å². The molecule has 0 saturated heterocycles. The number of anilines is 2. The summed E-state index contributed by atoms with van der Waals surface area (Å²) in [6, 6.07) is 11.6. The number of rotatable bonds is 7. The Morgan fingerprint density at radius 1 is 1.13 bits per heavy atom. The number of para-hydroxylation sites is 2. The van der Waals surface area contributed by atoms with E-state index in [0.717, 1.165) is 35.4 Å². The molecule has 156 valence electrons. The van der Waals surface area contributed by atoms with E-state index in [1.165, 1.54) is 23.3 Å². The average Bonchev–Trinajstić information content (AvgIpc) is 2.96. The first-order valence-electron chi connectivity index (χ1n) is 10.6. The van der Waals surface area contributed by atoms with E-state index in [0.29, 0.717) is 24.6 Å². The Kier molecular flexibility index (Phi) is 6.64. The number of aromatic nitrogens is 1. The van der Waals surface area contributed by atoms with Gasteiger partial charge in [0.1, 0.15) is 10.8 Å². The molecule has 1 aliphatic carbocycles. The highest BCUT2D eigenvalue weighted by molar-refractivity contribution is 7.16. The van der Waals surface area contributed by atoms with Gasteiger partial charge in [-0.15, -0.1) is 11.3 Å². The van der Waals surface area contributed by atoms with Crippen molar-refractivity contribution in [1.82, 2.24) is 4.98 Å². The molecule has 0 aliphatic heterocycles. The third-order valence-corrected chi connectivity index (χ3v) is 6.51. The van der Waals surface area contributed by atoms with Gasteiger partial charge >= 0.3 is 0 Å². The zero-order valence-corrected chi connectivity index (χ0v) is 18.1. The molecule has 1 aromatic carbocycles. The number of amides is 1. The summed E-state index contributed by atoms with van der Waals surface area (Å²) in [7, 11) is 0. The van der Waals surface area contributed by atoms with Crippen molar-refractivity contribution >= 4 is 27.9 Å². The fourth-order valence-electron chi connectivity index (χ4n) is 3.83. The Hall–Kier alpha value is -2.86. The lowest BCUT2D eigenvalue weighted by Gasteiger charge is -2.13. The number of aryl methyl sites for hydroxylation is 1. The van der Waals surface area contributed by atoms with E-state index in [9.17, 15) is 4.79 Å². The van der Waals surface area contributed by atoms with Gasteiger partial charge in [-0.2, -0.15) is 0 Å². The minimum atomic E-state index is -0.0739. The smallest absolute Gasteiger partial charge is 0.259 e. The van der Waals surface area contributed by atoms with Gasteiger partial charge in [-0.3, -0.25) is 9.78 Å². The van der Waals surface area contributed by atoms with Crippen LogP contribution in [0, 0.1) is 0 Å². The summed E-state index contributed by atoms with van der Waals surface area (Å²) in [5.41, 5.74) is 3.79. The monoisotopic (exact) mass is 421 g/mol. The number of nitrogens with zero attached hydrogens (tertiary/aromatic N) is 1. The zero-order chi connectivity index (χ0) is 20.8. The first-order chi connectivity index (χ1) is 14.8. The quantitative estimate of drug-likeness (QED) is 0.482. The van der Waals surface area contributed by atoms with Gasteiger partial charge in [0.25, 0.3) is 5.91 Å². The second-order valence-corrected chi connectivity index (χ2v) is 8.47. The van der Waals surface area contributed by atoms with Crippen molar-refractivity contribution in [2.24, 2.45) is 0 Å². The fraction of sp³-hybridized carbons (Fsp3) is 0.333. The van der Waals surface area contributed by atoms with Crippen LogP contribution >= 0.6 is 11.3 Å². The predicted molar refractivity (Wildman–Crippen MR) is 123 cm³/mol. The molecular weight excluding hydrogens is 394 g/mol. The molecule has 1 amide bonds. The molecule has 0 fully saturated rings. The maximum absolute atomic E-state index is 13.4. The van der Waals surface area contributed by atoms with E-state index in [1.807, 2.05) is 49.5 Å². The molecule has 5 nitrogen and oxygen atoms in total. The van der Waals surface area contributed by atoms with E-state index in [1.54, 1.807) is 17.5 Å². The van der Waals surface area contributed by atoms with Crippen LogP contribution < -0.4 is 15.4 Å². The minimum Gasteiger partial charge on any atom is -0.492 e. The molecule has 0 spiro atoms. The third kappa shape index (κ3) is 4.65. The predicted octanol–water partition coefficient (Wildman–Crippen LogP) is 5.68. The summed E-state index contributed by atoms with van der Waals surface area (Å²) in [6.07, 6.45) is 9.15. The van der Waals surface area contributed by atoms with Crippen LogP contribution in [0.2, 0.25) is 0 Å². The lowest BCUT2D eigenvalue weighted by Crippen LogP contribution is -2.16. The van der Waals surface area contributed by atoms with Gasteiger partial charge in [-0.05, 0) is 61.9 Å². The number of hydrogen-bond donors (Lipinski definition) is 2. The number of benzene rings is 1. The van der Waals surface area contributed by atoms with E-state index in [-0.39, 0.29) is 5.91 Å². The number of ether oxygens (including phenoxy) is 1. The number of hydrogen-bond acceptors (Lipinski definition) is 5. The van der Waals surface area contributed by atoms with Gasteiger partial charge in [0, 0.05) is 23.8 Å². The van der Waals surface area contributed by atoms with Gasteiger partial charge in [0.05, 0.1) is 17.9 Å². The van der Waals surface area contributed by atoms with Gasteiger partial charge in [-0.25, -0.2) is 0 Å². The Bertz CT molecular complexity index is 1000. The summed E-state index contributed by atoms with van der Waals surface area (Å²) < 4.78 is 5.69. The maximum atomic E-state index is 13.4. The number of fused-ring (bicyclic) bond motifs is 1. The molecular formula is C24H27N3O2S. The summed E-state index contributed by atoms with van der Waals surface area (Å²) in [5, 5.41) is 7.54. The van der Waals surface area contributed by atoms with E-state index in [2.05, 4.69) is 15.6 Å². The van der Waals surface area contributed by atoms with Crippen LogP contribution in [0.25, 0.3) is 0 Å². The fourth-order valence-corrected chi connectivity index (χ4v) is 5.11. The first-order valence-corrected chi connectivity index (χ1v) is 11.4. The topological polar surface area (TPSA) is 63.2 Å². The molecule has 30 heavy (non-hydrogen) atoms. The normalized spacial score (nSPS) is 13.2. The van der Waals surface area contributed by atoms with Crippen molar-refractivity contribution in [3.8, 4) is 5.75 Å². The van der Waals surface area contributed by atoms with Gasteiger partial charge in [0.2, 0.25) is 0 Å². The molecule has 0 atom stereocenters. The van der Waals surface area contributed by atoms with Crippen molar-refractivity contribution in [3.05, 3.63) is 70.4 Å². The number of carbonyl (C=O) groups is 1. The molecule has 0 unspecified atom stereocenters. The van der Waals surface area contributed by atoms with Crippen LogP contribution in [0.5, 0.6) is 5.75 Å². The lowest BCUT2D eigenvalue weighted by atomic mass is 10.0. The molecule has 0 bridgehead atoms. The SMILES string of the molecule is CCOc1ccccc1NC(=O)c1c(NCc2cccnc2)sc2c1CCCCC2. The molecule has 4 rings (SSSR count). The Balaban J connectivity index is 1.63. The minimum absolute atomic E-state index is 0.0739. The Labute approximate surface area is 181 Å². The molecule has 2 aromatic heterocycles. The summed E-state index contributed by atoms with van der Waals surface area (Å²) in [4.78, 5) is 19.0. The largest absolute Gasteiger partial charge is 0.492 e. The molecule has 1 aliphatic rings. The van der Waals surface area contributed by atoms with Crippen LogP contribution in [0.3, 0.4) is 0 Å². The van der Waals surface area contributed by atoms with Crippen molar-refractivity contribution in [2.75, 3.05) is 17.2 Å². The zero-order valence-electron chi connectivity index (χ0n) is 17.2. The van der Waals surface area contributed by atoms with Crippen LogP contribution in [0.4, 0.5) is 10.7 Å². The highest BCUT2D eigenvalue weighted by Crippen LogP contribution is 2.38. The Morgan fingerprint density at radius 3 is 2.83 bits per heavy atom. The second kappa shape index (κ2) is 9.76. The van der Waals surface area contributed by atoms with Crippen LogP contribution in [0.15, 0.2) is 48.8 Å². The molecule has 2 heterocycles. The first kappa shape index (κ1) is 20.4. The molecule has 6 heteroatoms. The average molecular weight is 422 g/mol. The lowest BCUT2D eigenvalue weighted by molar-refractivity contribution is 0.102. The van der Waals surface area contributed by atoms with Gasteiger partial charge < -0.3 is 15.4 Å². The third-order valence-electron chi connectivity index (χ3n) is 5.26. The number of thiophene rings is 1. The van der Waals surface area contributed by atoms with E-state index < -0.39 is 0 Å². The molecule has 2 N–H and O–H groups in total. The standard InChI is InChI=1S/C24H27N3O2S/c1-2-29-20-12-7-6-11-19(20)27-23(28)22-18-10-4-3-5-13-21(18)30-24(22)26-16-17-9-8-14-25-15-17/h6-9,11-12,14-15,26H,2-5,10,13,16H2,1H3,(H,27,28). The summed E-state index contributed by atoms with van der Waals surface area (Å²) in [6.45, 7) is 3.14. The highest BCUT2D eigenvalue weighted by atomic mass is 32.1. The molecule has 3 aromatic rings. The van der Waals surface area contributed by atoms with Crippen molar-refractivity contribution < 1.29 is 9.53 Å². The molecule has 0 radical (unpaired) electrons. The van der Waals surface area contributed by atoms with Crippen LogP contribution in [-0.2, 0) is 19.4 Å². The molecule has 0 saturated carbocycles. The van der Waals surface area contributed by atoms with E-state index in [4.69, 9.17) is 4.74 Å². The van der Waals surface area contributed by atoms with Gasteiger partial charge in [0.15, 0.2) is 0 Å². The summed E-state index contributed by atoms with van der Waals surface area (Å²) in [5.74, 6) is 0.620. The Morgan fingerprint density at radius 2 is 2.00 bits per heavy atom. The van der Waals surface area contributed by atoms with E-state index >= 15 is 0 Å². The van der Waals surface area contributed by atoms with Crippen LogP contribution in [0.1, 0.15) is 52.5 Å². The summed E-state index contributed by atoms with van der Waals surface area (Å²) >= 11 is 1.72. The van der Waals surface area contributed by atoms with Crippen LogP contribution in [-0.4, -0.2) is 17.5 Å². The second-order valence-electron chi connectivity index (χ2n) is 7.37. The van der Waals surface area contributed by atoms with Crippen molar-refractivity contribution in [3.63, 3.8) is 0 Å². The number of nitrogens with one attached hydrogen (secondary N) is 2. The maximum Gasteiger partial charge on any atom is 0.259 e.